The number of nitrogens with one attached hydrogen (secondary N) is 2. The average molecular weight is 277 g/mol. The first kappa shape index (κ1) is 13.4. The molecule has 0 aliphatic heterocycles. The average Bonchev–Trinajstić information content (AvgIpc) is 2.92. The molecule has 2 N–H and O–H groups in total. The van der Waals surface area contributed by atoms with Crippen LogP contribution in [0.25, 0.3) is 0 Å². The van der Waals surface area contributed by atoms with Gasteiger partial charge in [-0.2, -0.15) is 0 Å². The molecule has 0 radical (unpaired) electrons. The van der Waals surface area contributed by atoms with Gasteiger partial charge in [0.05, 0.1) is 12.2 Å². The largest absolute Gasteiger partial charge is 0.445 e. The first-order valence-electron chi connectivity index (χ1n) is 5.84. The van der Waals surface area contributed by atoms with Crippen molar-refractivity contribution in [2.45, 2.75) is 13.2 Å². The molecule has 6 heteroatoms. The SMILES string of the molecule is CNc1nc(CNC(=O)OCc2ccccc2)cs1. The fourth-order valence-electron chi connectivity index (χ4n) is 1.44. The highest BCUT2D eigenvalue weighted by Crippen LogP contribution is 2.13. The summed E-state index contributed by atoms with van der Waals surface area (Å²) < 4.78 is 5.09. The summed E-state index contributed by atoms with van der Waals surface area (Å²) in [5.74, 6) is 0. The van der Waals surface area contributed by atoms with Crippen molar-refractivity contribution >= 4 is 22.6 Å². The number of benzene rings is 1. The Morgan fingerprint density at radius 2 is 2.16 bits per heavy atom. The Morgan fingerprint density at radius 3 is 2.84 bits per heavy atom. The maximum Gasteiger partial charge on any atom is 0.407 e. The Labute approximate surface area is 115 Å². The van der Waals surface area contributed by atoms with E-state index in [1.54, 1.807) is 0 Å². The van der Waals surface area contributed by atoms with Crippen LogP contribution < -0.4 is 10.6 Å². The van der Waals surface area contributed by atoms with Gasteiger partial charge in [0.1, 0.15) is 6.61 Å². The van der Waals surface area contributed by atoms with E-state index in [9.17, 15) is 4.79 Å². The number of anilines is 1. The van der Waals surface area contributed by atoms with Gasteiger partial charge < -0.3 is 15.4 Å². The third-order valence-electron chi connectivity index (χ3n) is 2.39. The second-order valence-corrected chi connectivity index (χ2v) is 4.67. The molecule has 100 valence electrons. The molecule has 1 aromatic heterocycles. The number of amides is 1. The van der Waals surface area contributed by atoms with Gasteiger partial charge in [-0.05, 0) is 5.56 Å². The first-order valence-corrected chi connectivity index (χ1v) is 6.72. The summed E-state index contributed by atoms with van der Waals surface area (Å²) in [5, 5.41) is 8.33. The highest BCUT2D eigenvalue weighted by molar-refractivity contribution is 7.13. The van der Waals surface area contributed by atoms with Crippen LogP contribution in [-0.4, -0.2) is 18.1 Å². The molecule has 0 fully saturated rings. The van der Waals surface area contributed by atoms with Crippen LogP contribution in [0.15, 0.2) is 35.7 Å². The Kier molecular flexibility index (Phi) is 4.74. The number of rotatable bonds is 5. The third kappa shape index (κ3) is 4.26. The Balaban J connectivity index is 1.73. The van der Waals surface area contributed by atoms with E-state index >= 15 is 0 Å². The van der Waals surface area contributed by atoms with Crippen LogP contribution in [0.2, 0.25) is 0 Å². The molecule has 19 heavy (non-hydrogen) atoms. The fourth-order valence-corrected chi connectivity index (χ4v) is 2.11. The number of carbonyl (C=O) groups is 1. The van der Waals surface area contributed by atoms with Crippen LogP contribution in [0.5, 0.6) is 0 Å². The molecule has 1 heterocycles. The van der Waals surface area contributed by atoms with Crippen molar-refractivity contribution < 1.29 is 9.53 Å². The number of thiazole rings is 1. The number of aromatic nitrogens is 1. The second-order valence-electron chi connectivity index (χ2n) is 3.81. The Bertz CT molecular complexity index is 528. The normalized spacial score (nSPS) is 9.95. The number of hydrogen-bond acceptors (Lipinski definition) is 5. The van der Waals surface area contributed by atoms with E-state index in [4.69, 9.17) is 4.74 Å². The molecule has 0 saturated carbocycles. The minimum Gasteiger partial charge on any atom is -0.445 e. The van der Waals surface area contributed by atoms with E-state index in [0.717, 1.165) is 16.4 Å². The van der Waals surface area contributed by atoms with Crippen molar-refractivity contribution in [2.75, 3.05) is 12.4 Å². The van der Waals surface area contributed by atoms with Gasteiger partial charge in [-0.15, -0.1) is 11.3 Å². The summed E-state index contributed by atoms with van der Waals surface area (Å²) in [6.45, 7) is 0.636. The van der Waals surface area contributed by atoms with E-state index in [-0.39, 0.29) is 6.61 Å². The van der Waals surface area contributed by atoms with Crippen LogP contribution >= 0.6 is 11.3 Å². The summed E-state index contributed by atoms with van der Waals surface area (Å²) in [6.07, 6.45) is -0.442. The molecule has 0 saturated heterocycles. The number of carbonyl (C=O) groups excluding carboxylic acids is 1. The van der Waals surface area contributed by atoms with Crippen molar-refractivity contribution in [3.63, 3.8) is 0 Å². The smallest absolute Gasteiger partial charge is 0.407 e. The Morgan fingerprint density at radius 1 is 1.37 bits per heavy atom. The summed E-state index contributed by atoms with van der Waals surface area (Å²) >= 11 is 1.50. The predicted molar refractivity (Wildman–Crippen MR) is 75.1 cm³/mol. The number of alkyl carbamates (subject to hydrolysis) is 1. The lowest BCUT2D eigenvalue weighted by molar-refractivity contribution is 0.139. The topological polar surface area (TPSA) is 63.2 Å². The van der Waals surface area contributed by atoms with Crippen molar-refractivity contribution in [3.8, 4) is 0 Å². The predicted octanol–water partition coefficient (Wildman–Crippen LogP) is 2.61. The van der Waals surface area contributed by atoms with E-state index in [0.29, 0.717) is 6.54 Å². The van der Waals surface area contributed by atoms with Gasteiger partial charge in [0.25, 0.3) is 0 Å². The monoisotopic (exact) mass is 277 g/mol. The molecule has 5 nitrogen and oxygen atoms in total. The molecule has 0 aliphatic carbocycles. The number of ether oxygens (including phenoxy) is 1. The minimum atomic E-state index is -0.442. The quantitative estimate of drug-likeness (QED) is 0.882. The van der Waals surface area contributed by atoms with E-state index in [1.165, 1.54) is 11.3 Å². The summed E-state index contributed by atoms with van der Waals surface area (Å²) in [7, 11) is 1.81. The van der Waals surface area contributed by atoms with Crippen molar-refractivity contribution in [2.24, 2.45) is 0 Å². The van der Waals surface area contributed by atoms with E-state index in [2.05, 4.69) is 15.6 Å². The molecular weight excluding hydrogens is 262 g/mol. The standard InChI is InChI=1S/C13H15N3O2S/c1-14-12-16-11(9-19-12)7-15-13(17)18-8-10-5-3-2-4-6-10/h2-6,9H,7-8H2,1H3,(H,14,16)(H,15,17). The number of hydrogen-bond donors (Lipinski definition) is 2. The van der Waals surface area contributed by atoms with Crippen molar-refractivity contribution in [1.29, 1.82) is 0 Å². The lowest BCUT2D eigenvalue weighted by atomic mass is 10.2. The van der Waals surface area contributed by atoms with Gasteiger partial charge in [-0.3, -0.25) is 0 Å². The maximum absolute atomic E-state index is 11.5. The van der Waals surface area contributed by atoms with Crippen LogP contribution in [0.1, 0.15) is 11.3 Å². The molecule has 0 aliphatic rings. The third-order valence-corrected chi connectivity index (χ3v) is 3.30. The molecule has 1 aromatic carbocycles. The Hall–Kier alpha value is -2.08. The van der Waals surface area contributed by atoms with Gasteiger partial charge in [-0.1, -0.05) is 30.3 Å². The molecule has 0 bridgehead atoms. The molecule has 0 unspecified atom stereocenters. The van der Waals surface area contributed by atoms with Crippen LogP contribution in [0.4, 0.5) is 9.93 Å². The van der Waals surface area contributed by atoms with Gasteiger partial charge in [0.15, 0.2) is 5.13 Å². The zero-order chi connectivity index (χ0) is 13.5. The zero-order valence-corrected chi connectivity index (χ0v) is 11.4. The van der Waals surface area contributed by atoms with Crippen molar-refractivity contribution in [3.05, 3.63) is 47.0 Å². The summed E-state index contributed by atoms with van der Waals surface area (Å²) in [6, 6.07) is 9.56. The zero-order valence-electron chi connectivity index (χ0n) is 10.6. The highest BCUT2D eigenvalue weighted by atomic mass is 32.1. The van der Waals surface area contributed by atoms with Crippen LogP contribution in [0.3, 0.4) is 0 Å². The van der Waals surface area contributed by atoms with Gasteiger partial charge in [-0.25, -0.2) is 9.78 Å². The number of nitrogens with zero attached hydrogens (tertiary/aromatic N) is 1. The lowest BCUT2D eigenvalue weighted by Gasteiger charge is -2.05. The maximum atomic E-state index is 11.5. The lowest BCUT2D eigenvalue weighted by Crippen LogP contribution is -2.23. The first-order chi connectivity index (χ1) is 9.28. The van der Waals surface area contributed by atoms with Crippen LogP contribution in [0, 0.1) is 0 Å². The minimum absolute atomic E-state index is 0.269. The fraction of sp³-hybridized carbons (Fsp3) is 0.231. The molecule has 1 amide bonds. The van der Waals surface area contributed by atoms with E-state index in [1.807, 2.05) is 42.8 Å². The van der Waals surface area contributed by atoms with E-state index < -0.39 is 6.09 Å². The highest BCUT2D eigenvalue weighted by Gasteiger charge is 2.05. The van der Waals surface area contributed by atoms with Crippen LogP contribution in [-0.2, 0) is 17.9 Å². The summed E-state index contributed by atoms with van der Waals surface area (Å²) in [4.78, 5) is 15.7. The molecule has 0 atom stereocenters. The summed E-state index contributed by atoms with van der Waals surface area (Å²) in [5.41, 5.74) is 1.77. The molecule has 2 rings (SSSR count). The van der Waals surface area contributed by atoms with Crippen molar-refractivity contribution in [1.82, 2.24) is 10.3 Å². The molecule has 0 spiro atoms. The second kappa shape index (κ2) is 6.75. The molecular formula is C13H15N3O2S. The van der Waals surface area contributed by atoms with Gasteiger partial charge in [0, 0.05) is 12.4 Å². The van der Waals surface area contributed by atoms with Gasteiger partial charge >= 0.3 is 6.09 Å². The van der Waals surface area contributed by atoms with Gasteiger partial charge in [0.2, 0.25) is 0 Å². The molecule has 2 aromatic rings.